The molecular weight excluding hydrogens is 462 g/mol. The Bertz CT molecular complexity index is 1360. The number of aromatic nitrogens is 3. The van der Waals surface area contributed by atoms with Gasteiger partial charge in [-0.05, 0) is 43.7 Å². The zero-order chi connectivity index (χ0) is 24.4. The molecule has 5 N–H and O–H groups in total. The van der Waals surface area contributed by atoms with Crippen LogP contribution in [0.3, 0.4) is 0 Å². The Morgan fingerprint density at radius 1 is 1.24 bits per heavy atom. The molecule has 4 aromatic rings. The Balaban J connectivity index is 1.77. The highest BCUT2D eigenvalue weighted by atomic mass is 32.1. The Hall–Kier alpha value is -3.90. The van der Waals surface area contributed by atoms with Crippen molar-refractivity contribution in [2.24, 2.45) is 16.8 Å². The number of amides is 1. The highest BCUT2D eigenvalue weighted by Gasteiger charge is 2.25. The van der Waals surface area contributed by atoms with Crippen molar-refractivity contribution < 1.29 is 13.6 Å². The van der Waals surface area contributed by atoms with E-state index in [2.05, 4.69) is 20.4 Å². The molecule has 0 atom stereocenters. The minimum atomic E-state index is -3.03. The molecule has 4 heterocycles. The fourth-order valence-electron chi connectivity index (χ4n) is 3.36. The van der Waals surface area contributed by atoms with Gasteiger partial charge >= 0.3 is 0 Å². The van der Waals surface area contributed by atoms with Gasteiger partial charge in [-0.2, -0.15) is 5.10 Å². The van der Waals surface area contributed by atoms with Crippen molar-refractivity contribution in [2.75, 3.05) is 5.01 Å². The third-order valence-electron chi connectivity index (χ3n) is 5.10. The zero-order valence-electron chi connectivity index (χ0n) is 18.4. The number of carbonyl (C=O) groups excluding carboxylic acids is 1. The summed E-state index contributed by atoms with van der Waals surface area (Å²) < 4.78 is 28.6. The molecule has 1 amide bonds. The third kappa shape index (κ3) is 4.58. The van der Waals surface area contributed by atoms with E-state index >= 15 is 0 Å². The summed E-state index contributed by atoms with van der Waals surface area (Å²) in [4.78, 5) is 23.6. The van der Waals surface area contributed by atoms with E-state index in [4.69, 9.17) is 11.7 Å². The van der Waals surface area contributed by atoms with Crippen LogP contribution in [0, 0.1) is 13.8 Å². The first-order chi connectivity index (χ1) is 16.3. The zero-order valence-corrected chi connectivity index (χ0v) is 19.2. The van der Waals surface area contributed by atoms with Gasteiger partial charge in [-0.15, -0.1) is 11.3 Å². The van der Waals surface area contributed by atoms with Gasteiger partial charge in [0.1, 0.15) is 5.69 Å². The fraction of sp³-hybridized carbons (Fsp3) is 0.182. The molecular formula is C22H22F2N8OS. The number of pyridine rings is 2. The topological polar surface area (TPSA) is 127 Å². The average Bonchev–Trinajstić information content (AvgIpc) is 3.43. The van der Waals surface area contributed by atoms with Crippen molar-refractivity contribution in [3.8, 4) is 10.6 Å². The maximum atomic E-state index is 13.5. The lowest BCUT2D eigenvalue weighted by Crippen LogP contribution is -2.43. The van der Waals surface area contributed by atoms with Crippen LogP contribution in [0.15, 0.2) is 54.0 Å². The Morgan fingerprint density at radius 3 is 2.65 bits per heavy atom. The molecule has 4 aromatic heterocycles. The molecule has 0 saturated heterocycles. The van der Waals surface area contributed by atoms with Crippen LogP contribution in [0.1, 0.15) is 26.5 Å². The molecule has 0 saturated carbocycles. The van der Waals surface area contributed by atoms with Crippen LogP contribution in [-0.4, -0.2) is 32.5 Å². The first kappa shape index (κ1) is 23.3. The lowest BCUT2D eigenvalue weighted by atomic mass is 10.2. The second-order valence-corrected chi connectivity index (χ2v) is 8.80. The van der Waals surface area contributed by atoms with Gasteiger partial charge in [0.2, 0.25) is 5.84 Å². The van der Waals surface area contributed by atoms with Crippen LogP contribution in [0.5, 0.6) is 0 Å². The minimum Gasteiger partial charge on any atom is -0.348 e. The van der Waals surface area contributed by atoms with E-state index in [9.17, 15) is 13.6 Å². The number of hydrazone groups is 1. The summed E-state index contributed by atoms with van der Waals surface area (Å²) >= 11 is 1.54. The van der Waals surface area contributed by atoms with Crippen molar-refractivity contribution in [1.82, 2.24) is 19.7 Å². The number of alkyl halides is 2. The third-order valence-corrected chi connectivity index (χ3v) is 6.12. The van der Waals surface area contributed by atoms with Gasteiger partial charge in [-0.25, -0.2) is 19.6 Å². The molecule has 9 nitrogen and oxygen atoms in total. The van der Waals surface area contributed by atoms with E-state index in [1.807, 2.05) is 38.1 Å². The van der Waals surface area contributed by atoms with Crippen molar-refractivity contribution in [2.45, 2.75) is 26.8 Å². The standard InChI is InChI=1S/C22H22F2N8OS/c1-12-3-5-14(8-27-12)9-29-22(33)15-7-16(32(26)21(30-25)19(23)24)20-28-10-17(31(20)11-15)18-6-4-13(2)34-18/h3-8,10-11,19H,9,25-26H2,1-2H3,(H,29,33)/b30-21-. The Morgan fingerprint density at radius 2 is 2.03 bits per heavy atom. The lowest BCUT2D eigenvalue weighted by molar-refractivity contribution is 0.0950. The fourth-order valence-corrected chi connectivity index (χ4v) is 4.23. The van der Waals surface area contributed by atoms with Gasteiger partial charge in [-0.3, -0.25) is 19.2 Å². The molecule has 4 rings (SSSR count). The maximum Gasteiger partial charge on any atom is 0.298 e. The molecule has 0 aliphatic rings. The number of hydrazine groups is 1. The second kappa shape index (κ2) is 9.53. The summed E-state index contributed by atoms with van der Waals surface area (Å²) in [5.74, 6) is 9.83. The first-order valence-electron chi connectivity index (χ1n) is 10.2. The molecule has 0 spiro atoms. The van der Waals surface area contributed by atoms with Crippen molar-refractivity contribution in [1.29, 1.82) is 0 Å². The average molecular weight is 485 g/mol. The van der Waals surface area contributed by atoms with Crippen molar-refractivity contribution >= 4 is 34.4 Å². The number of carbonyl (C=O) groups is 1. The van der Waals surface area contributed by atoms with Crippen molar-refractivity contribution in [3.05, 3.63) is 70.6 Å². The molecule has 0 unspecified atom stereocenters. The number of fused-ring (bicyclic) bond motifs is 1. The number of hydrogen-bond acceptors (Lipinski definition) is 7. The highest BCUT2D eigenvalue weighted by Crippen LogP contribution is 2.32. The number of halogens is 2. The van der Waals surface area contributed by atoms with Crippen LogP contribution in [0.4, 0.5) is 14.5 Å². The number of nitrogens with one attached hydrogen (secondary N) is 1. The summed E-state index contributed by atoms with van der Waals surface area (Å²) in [6.45, 7) is 4.07. The monoisotopic (exact) mass is 484 g/mol. The van der Waals surface area contributed by atoms with Gasteiger partial charge < -0.3 is 11.2 Å². The molecule has 0 radical (unpaired) electrons. The predicted molar refractivity (Wildman–Crippen MR) is 128 cm³/mol. The number of nitrogens with zero attached hydrogens (tertiary/aromatic N) is 5. The minimum absolute atomic E-state index is 0.0497. The van der Waals surface area contributed by atoms with Crippen molar-refractivity contribution in [3.63, 3.8) is 0 Å². The molecule has 34 heavy (non-hydrogen) atoms. The van der Waals surface area contributed by atoms with Crippen LogP contribution >= 0.6 is 11.3 Å². The highest BCUT2D eigenvalue weighted by molar-refractivity contribution is 7.15. The summed E-state index contributed by atoms with van der Waals surface area (Å²) in [6.07, 6.45) is 1.83. The van der Waals surface area contributed by atoms with Crippen LogP contribution in [-0.2, 0) is 6.54 Å². The smallest absolute Gasteiger partial charge is 0.298 e. The van der Waals surface area contributed by atoms with Gasteiger partial charge in [0.25, 0.3) is 12.3 Å². The molecule has 0 bridgehead atoms. The van der Waals surface area contributed by atoms with Crippen LogP contribution in [0.2, 0.25) is 0 Å². The largest absolute Gasteiger partial charge is 0.348 e. The number of aryl methyl sites for hydroxylation is 2. The molecule has 0 aliphatic carbocycles. The summed E-state index contributed by atoms with van der Waals surface area (Å²) in [5, 5.41) is 6.59. The number of thiophene rings is 1. The summed E-state index contributed by atoms with van der Waals surface area (Å²) in [5.41, 5.74) is 2.87. The Labute approximate surface area is 197 Å². The molecule has 0 fully saturated rings. The van der Waals surface area contributed by atoms with E-state index < -0.39 is 18.2 Å². The van der Waals surface area contributed by atoms with Gasteiger partial charge in [0.05, 0.1) is 22.3 Å². The van der Waals surface area contributed by atoms with Crippen LogP contribution in [0.25, 0.3) is 16.2 Å². The molecule has 12 heteroatoms. The second-order valence-electron chi connectivity index (χ2n) is 7.51. The lowest BCUT2D eigenvalue weighted by Gasteiger charge is -2.21. The van der Waals surface area contributed by atoms with Gasteiger partial charge in [-0.1, -0.05) is 6.07 Å². The van der Waals surface area contributed by atoms with E-state index in [0.29, 0.717) is 10.7 Å². The van der Waals surface area contributed by atoms with Gasteiger partial charge in [0.15, 0.2) is 5.65 Å². The summed E-state index contributed by atoms with van der Waals surface area (Å²) in [7, 11) is 0. The predicted octanol–water partition coefficient (Wildman–Crippen LogP) is 3.22. The van der Waals surface area contributed by atoms with E-state index in [0.717, 1.165) is 21.0 Å². The quantitative estimate of drug-likeness (QED) is 0.167. The SMILES string of the molecule is Cc1ccc(CNC(=O)c2cc(N(N)/C(=N\N)C(F)F)c3ncc(-c4ccc(C)s4)n3c2)cn1. The number of imidazole rings is 1. The number of amidine groups is 1. The number of anilines is 1. The number of nitrogens with two attached hydrogens (primary N) is 2. The van der Waals surface area contributed by atoms with E-state index in [1.165, 1.54) is 17.4 Å². The number of rotatable bonds is 6. The Kier molecular flexibility index (Phi) is 6.52. The molecule has 176 valence electrons. The molecule has 0 aliphatic heterocycles. The van der Waals surface area contributed by atoms with Gasteiger partial charge in [0, 0.05) is 29.5 Å². The summed E-state index contributed by atoms with van der Waals surface area (Å²) in [6, 6.07) is 8.96. The first-order valence-corrected chi connectivity index (χ1v) is 11.0. The van der Waals surface area contributed by atoms with E-state index in [1.54, 1.807) is 23.0 Å². The maximum absolute atomic E-state index is 13.5. The molecule has 0 aromatic carbocycles. The van der Waals surface area contributed by atoms with E-state index in [-0.39, 0.29) is 23.4 Å². The van der Waals surface area contributed by atoms with Crippen LogP contribution < -0.4 is 22.0 Å². The normalized spacial score (nSPS) is 11.9. The number of hydrogen-bond donors (Lipinski definition) is 3.